The lowest BCUT2D eigenvalue weighted by Gasteiger charge is -2.12. The van der Waals surface area contributed by atoms with Crippen molar-refractivity contribution < 1.29 is 14.8 Å². The zero-order valence-electron chi connectivity index (χ0n) is 13.8. The number of guanidine groups is 1. The number of nitro groups is 1. The fourth-order valence-electron chi connectivity index (χ4n) is 1.71. The molecule has 0 bridgehead atoms. The highest BCUT2D eigenvalue weighted by atomic mass is 16.6. The zero-order valence-corrected chi connectivity index (χ0v) is 13.8. The molecule has 1 rings (SSSR count). The Kier molecular flexibility index (Phi) is 9.10. The van der Waals surface area contributed by atoms with Gasteiger partial charge in [0.05, 0.1) is 31.3 Å². The Bertz CT molecular complexity index is 558. The SMILES string of the molecule is C=C(C)CNC(=NCc1ccc([N+](=O)[O-])cc1)NCCOCCO. The fourth-order valence-corrected chi connectivity index (χ4v) is 1.71. The molecular formula is C16H24N4O4. The molecule has 0 saturated heterocycles. The summed E-state index contributed by atoms with van der Waals surface area (Å²) in [6.07, 6.45) is 0. The van der Waals surface area contributed by atoms with E-state index in [1.165, 1.54) is 12.1 Å². The van der Waals surface area contributed by atoms with Crippen LogP contribution in [-0.4, -0.2) is 48.9 Å². The number of rotatable bonds is 10. The summed E-state index contributed by atoms with van der Waals surface area (Å²) in [7, 11) is 0. The average Bonchev–Trinajstić information content (AvgIpc) is 2.56. The highest BCUT2D eigenvalue weighted by molar-refractivity contribution is 5.80. The van der Waals surface area contributed by atoms with E-state index < -0.39 is 4.92 Å². The molecule has 0 unspecified atom stereocenters. The van der Waals surface area contributed by atoms with Crippen molar-refractivity contribution in [3.8, 4) is 0 Å². The minimum Gasteiger partial charge on any atom is -0.394 e. The van der Waals surface area contributed by atoms with Gasteiger partial charge in [-0.1, -0.05) is 24.3 Å². The average molecular weight is 336 g/mol. The summed E-state index contributed by atoms with van der Waals surface area (Å²) in [4.78, 5) is 14.6. The van der Waals surface area contributed by atoms with Crippen LogP contribution < -0.4 is 10.6 Å². The number of hydrogen-bond acceptors (Lipinski definition) is 5. The molecule has 0 radical (unpaired) electrons. The van der Waals surface area contributed by atoms with Crippen LogP contribution in [0.4, 0.5) is 5.69 Å². The van der Waals surface area contributed by atoms with E-state index in [9.17, 15) is 10.1 Å². The lowest BCUT2D eigenvalue weighted by molar-refractivity contribution is -0.384. The first kappa shape index (κ1) is 19.6. The molecule has 1 aromatic carbocycles. The first-order valence-electron chi connectivity index (χ1n) is 7.61. The van der Waals surface area contributed by atoms with E-state index in [2.05, 4.69) is 22.2 Å². The fraction of sp³-hybridized carbons (Fsp3) is 0.438. The summed E-state index contributed by atoms with van der Waals surface area (Å²) in [5, 5.41) is 25.5. The molecule has 8 nitrogen and oxygen atoms in total. The number of hydrogen-bond donors (Lipinski definition) is 3. The minimum atomic E-state index is -0.430. The molecule has 0 saturated carbocycles. The number of nitrogens with one attached hydrogen (secondary N) is 2. The van der Waals surface area contributed by atoms with Crippen LogP contribution in [0.5, 0.6) is 0 Å². The van der Waals surface area contributed by atoms with Gasteiger partial charge in [-0.3, -0.25) is 10.1 Å². The van der Waals surface area contributed by atoms with Crippen LogP contribution in [0.25, 0.3) is 0 Å². The van der Waals surface area contributed by atoms with Gasteiger partial charge in [0, 0.05) is 25.2 Å². The normalized spacial score (nSPS) is 11.2. The lowest BCUT2D eigenvalue weighted by atomic mass is 10.2. The van der Waals surface area contributed by atoms with Crippen molar-refractivity contribution in [1.82, 2.24) is 10.6 Å². The Morgan fingerprint density at radius 3 is 2.62 bits per heavy atom. The maximum Gasteiger partial charge on any atom is 0.269 e. The molecule has 0 spiro atoms. The van der Waals surface area contributed by atoms with Gasteiger partial charge in [0.2, 0.25) is 0 Å². The number of benzene rings is 1. The molecule has 0 atom stereocenters. The van der Waals surface area contributed by atoms with Crippen LogP contribution in [0, 0.1) is 10.1 Å². The predicted octanol–water partition coefficient (Wildman–Crippen LogP) is 1.21. The first-order valence-corrected chi connectivity index (χ1v) is 7.61. The molecule has 24 heavy (non-hydrogen) atoms. The Morgan fingerprint density at radius 1 is 1.33 bits per heavy atom. The molecule has 3 N–H and O–H groups in total. The molecule has 8 heteroatoms. The van der Waals surface area contributed by atoms with Gasteiger partial charge in [0.25, 0.3) is 5.69 Å². The van der Waals surface area contributed by atoms with Gasteiger partial charge in [0.15, 0.2) is 5.96 Å². The highest BCUT2D eigenvalue weighted by Crippen LogP contribution is 2.12. The second-order valence-electron chi connectivity index (χ2n) is 5.16. The number of aliphatic hydroxyl groups is 1. The molecule has 0 aliphatic carbocycles. The Morgan fingerprint density at radius 2 is 2.04 bits per heavy atom. The molecule has 1 aromatic rings. The summed E-state index contributed by atoms with van der Waals surface area (Å²) in [6, 6.07) is 6.29. The molecule has 0 aliphatic heterocycles. The molecule has 0 fully saturated rings. The van der Waals surface area contributed by atoms with Crippen molar-refractivity contribution >= 4 is 11.6 Å². The third-order valence-electron chi connectivity index (χ3n) is 2.90. The number of nitro benzene ring substituents is 1. The van der Waals surface area contributed by atoms with Crippen molar-refractivity contribution in [1.29, 1.82) is 0 Å². The molecule has 0 heterocycles. The largest absolute Gasteiger partial charge is 0.394 e. The van der Waals surface area contributed by atoms with E-state index in [4.69, 9.17) is 9.84 Å². The topological polar surface area (TPSA) is 109 Å². The van der Waals surface area contributed by atoms with Gasteiger partial charge in [-0.2, -0.15) is 0 Å². The van der Waals surface area contributed by atoms with E-state index in [0.717, 1.165) is 11.1 Å². The quantitative estimate of drug-likeness (QED) is 0.148. The van der Waals surface area contributed by atoms with Gasteiger partial charge >= 0.3 is 0 Å². The maximum absolute atomic E-state index is 10.6. The van der Waals surface area contributed by atoms with Crippen LogP contribution >= 0.6 is 0 Å². The Labute approximate surface area is 141 Å². The molecule has 0 aliphatic rings. The summed E-state index contributed by atoms with van der Waals surface area (Å²) < 4.78 is 5.18. The van der Waals surface area contributed by atoms with Gasteiger partial charge in [-0.15, -0.1) is 0 Å². The molecule has 0 aromatic heterocycles. The summed E-state index contributed by atoms with van der Waals surface area (Å²) in [5.41, 5.74) is 1.90. The number of nitrogens with zero attached hydrogens (tertiary/aromatic N) is 2. The Hall–Kier alpha value is -2.45. The number of aliphatic hydroxyl groups excluding tert-OH is 1. The first-order chi connectivity index (χ1) is 11.5. The predicted molar refractivity (Wildman–Crippen MR) is 93.0 cm³/mol. The van der Waals surface area contributed by atoms with Crippen LogP contribution in [0.3, 0.4) is 0 Å². The lowest BCUT2D eigenvalue weighted by Crippen LogP contribution is -2.39. The van der Waals surface area contributed by atoms with Gasteiger partial charge < -0.3 is 20.5 Å². The minimum absolute atomic E-state index is 0.00496. The van der Waals surface area contributed by atoms with Crippen molar-refractivity contribution in [2.24, 2.45) is 4.99 Å². The standard InChI is InChI=1S/C16H24N4O4/c1-13(2)11-18-16(17-7-9-24-10-8-21)19-12-14-3-5-15(6-4-14)20(22)23/h3-6,21H,1,7-12H2,2H3,(H2,17,18,19). The van der Waals surface area contributed by atoms with Crippen molar-refractivity contribution in [3.05, 3.63) is 52.1 Å². The van der Waals surface area contributed by atoms with Gasteiger partial charge in [-0.25, -0.2) is 4.99 Å². The molecular weight excluding hydrogens is 312 g/mol. The van der Waals surface area contributed by atoms with E-state index >= 15 is 0 Å². The van der Waals surface area contributed by atoms with Gasteiger partial charge in [0.1, 0.15) is 0 Å². The van der Waals surface area contributed by atoms with E-state index in [1.807, 2.05) is 6.92 Å². The highest BCUT2D eigenvalue weighted by Gasteiger charge is 2.04. The molecule has 132 valence electrons. The number of non-ortho nitro benzene ring substituents is 1. The summed E-state index contributed by atoms with van der Waals surface area (Å²) in [5.74, 6) is 0.601. The monoisotopic (exact) mass is 336 g/mol. The van der Waals surface area contributed by atoms with Crippen LogP contribution in [0.15, 0.2) is 41.4 Å². The summed E-state index contributed by atoms with van der Waals surface area (Å²) in [6.45, 7) is 8.01. The molecule has 0 amide bonds. The number of ether oxygens (including phenoxy) is 1. The van der Waals surface area contributed by atoms with Crippen LogP contribution in [0.1, 0.15) is 12.5 Å². The second kappa shape index (κ2) is 11.1. The third kappa shape index (κ3) is 8.25. The second-order valence-corrected chi connectivity index (χ2v) is 5.16. The Balaban J connectivity index is 2.57. The third-order valence-corrected chi connectivity index (χ3v) is 2.90. The maximum atomic E-state index is 10.6. The van der Waals surface area contributed by atoms with Gasteiger partial charge in [-0.05, 0) is 12.5 Å². The van der Waals surface area contributed by atoms with Crippen molar-refractivity contribution in [2.75, 3.05) is 32.9 Å². The smallest absolute Gasteiger partial charge is 0.269 e. The van der Waals surface area contributed by atoms with E-state index in [-0.39, 0.29) is 12.3 Å². The van der Waals surface area contributed by atoms with Crippen molar-refractivity contribution in [2.45, 2.75) is 13.5 Å². The van der Waals surface area contributed by atoms with Crippen LogP contribution in [0.2, 0.25) is 0 Å². The van der Waals surface area contributed by atoms with Crippen molar-refractivity contribution in [3.63, 3.8) is 0 Å². The summed E-state index contributed by atoms with van der Waals surface area (Å²) >= 11 is 0. The van der Waals surface area contributed by atoms with Crippen LogP contribution in [-0.2, 0) is 11.3 Å². The zero-order chi connectivity index (χ0) is 17.8. The van der Waals surface area contributed by atoms with E-state index in [0.29, 0.717) is 38.8 Å². The number of aliphatic imine (C=N–C) groups is 1. The van der Waals surface area contributed by atoms with E-state index in [1.54, 1.807) is 12.1 Å².